The van der Waals surface area contributed by atoms with Crippen LogP contribution in [0.5, 0.6) is 0 Å². The van der Waals surface area contributed by atoms with Gasteiger partial charge in [-0.3, -0.25) is 4.79 Å². The van der Waals surface area contributed by atoms with Gasteiger partial charge in [-0.05, 0) is 37.1 Å². The molecule has 1 atom stereocenters. The van der Waals surface area contributed by atoms with Crippen molar-refractivity contribution in [3.05, 3.63) is 35.3 Å². The van der Waals surface area contributed by atoms with Crippen molar-refractivity contribution in [3.63, 3.8) is 0 Å². The van der Waals surface area contributed by atoms with E-state index in [4.69, 9.17) is 15.9 Å². The minimum Gasteiger partial charge on any atom is -0.451 e. The standard InChI is InChI=1S/C12H13FN2O2/c1-6(14)2-7-3-9(13)4-8-5-10(12(15)16)17-11(7)8/h3-6H,2,14H2,1H3,(H2,15,16). The highest BCUT2D eigenvalue weighted by Crippen LogP contribution is 2.25. The zero-order chi connectivity index (χ0) is 12.6. The number of fused-ring (bicyclic) bond motifs is 1. The van der Waals surface area contributed by atoms with Crippen LogP contribution in [0.15, 0.2) is 22.6 Å². The second-order valence-electron chi connectivity index (χ2n) is 4.14. The number of nitrogens with two attached hydrogens (primary N) is 2. The molecular weight excluding hydrogens is 223 g/mol. The van der Waals surface area contributed by atoms with E-state index in [0.29, 0.717) is 23.0 Å². The van der Waals surface area contributed by atoms with E-state index < -0.39 is 5.91 Å². The van der Waals surface area contributed by atoms with Crippen molar-refractivity contribution in [2.75, 3.05) is 0 Å². The normalized spacial score (nSPS) is 12.9. The van der Waals surface area contributed by atoms with Crippen LogP contribution >= 0.6 is 0 Å². The average molecular weight is 236 g/mol. The van der Waals surface area contributed by atoms with E-state index in [-0.39, 0.29) is 17.6 Å². The fourth-order valence-corrected chi connectivity index (χ4v) is 1.81. The fraction of sp³-hybridized carbons (Fsp3) is 0.250. The van der Waals surface area contributed by atoms with Gasteiger partial charge in [0.05, 0.1) is 0 Å². The number of hydrogen-bond donors (Lipinski definition) is 2. The Kier molecular flexibility index (Phi) is 2.85. The van der Waals surface area contributed by atoms with Gasteiger partial charge in [0.25, 0.3) is 5.91 Å². The Morgan fingerprint density at radius 2 is 2.18 bits per heavy atom. The van der Waals surface area contributed by atoms with Crippen molar-refractivity contribution in [2.24, 2.45) is 11.5 Å². The van der Waals surface area contributed by atoms with Crippen LogP contribution in [0.3, 0.4) is 0 Å². The number of amides is 1. The number of hydrogen-bond acceptors (Lipinski definition) is 3. The number of carbonyl (C=O) groups is 1. The van der Waals surface area contributed by atoms with Crippen LogP contribution in [0.4, 0.5) is 4.39 Å². The highest BCUT2D eigenvalue weighted by Gasteiger charge is 2.14. The topological polar surface area (TPSA) is 82.2 Å². The van der Waals surface area contributed by atoms with Crippen molar-refractivity contribution in [1.29, 1.82) is 0 Å². The van der Waals surface area contributed by atoms with E-state index in [1.807, 2.05) is 6.92 Å². The predicted octanol–water partition coefficient (Wildman–Crippen LogP) is 1.56. The average Bonchev–Trinajstić information content (AvgIpc) is 2.60. The molecule has 90 valence electrons. The van der Waals surface area contributed by atoms with Crippen LogP contribution in [-0.4, -0.2) is 11.9 Å². The summed E-state index contributed by atoms with van der Waals surface area (Å²) in [6, 6.07) is 3.98. The van der Waals surface area contributed by atoms with Gasteiger partial charge in [0.1, 0.15) is 11.4 Å². The van der Waals surface area contributed by atoms with E-state index in [0.717, 1.165) is 0 Å². The molecule has 0 saturated carbocycles. The second-order valence-corrected chi connectivity index (χ2v) is 4.14. The monoisotopic (exact) mass is 236 g/mol. The van der Waals surface area contributed by atoms with Gasteiger partial charge in [-0.2, -0.15) is 0 Å². The predicted molar refractivity (Wildman–Crippen MR) is 62.0 cm³/mol. The summed E-state index contributed by atoms with van der Waals surface area (Å²) in [6.45, 7) is 1.81. The third-order valence-electron chi connectivity index (χ3n) is 2.44. The maximum absolute atomic E-state index is 13.4. The molecule has 17 heavy (non-hydrogen) atoms. The number of primary amides is 1. The van der Waals surface area contributed by atoms with E-state index in [9.17, 15) is 9.18 Å². The van der Waals surface area contributed by atoms with Crippen LogP contribution in [0, 0.1) is 5.82 Å². The van der Waals surface area contributed by atoms with Crippen LogP contribution in [0.25, 0.3) is 11.0 Å². The van der Waals surface area contributed by atoms with Crippen molar-refractivity contribution >= 4 is 16.9 Å². The zero-order valence-corrected chi connectivity index (χ0v) is 9.37. The molecule has 5 heteroatoms. The summed E-state index contributed by atoms with van der Waals surface area (Å²) < 4.78 is 18.7. The minimum atomic E-state index is -0.673. The first kappa shape index (κ1) is 11.6. The summed E-state index contributed by atoms with van der Waals surface area (Å²) in [5.41, 5.74) is 11.9. The molecular formula is C12H13FN2O2. The Morgan fingerprint density at radius 1 is 1.47 bits per heavy atom. The molecule has 1 amide bonds. The third kappa shape index (κ3) is 2.29. The largest absolute Gasteiger partial charge is 0.451 e. The molecule has 0 aliphatic carbocycles. The van der Waals surface area contributed by atoms with Gasteiger partial charge in [-0.25, -0.2) is 4.39 Å². The molecule has 1 unspecified atom stereocenters. The maximum Gasteiger partial charge on any atom is 0.284 e. The number of furan rings is 1. The molecule has 1 aromatic carbocycles. The molecule has 0 fully saturated rings. The Balaban J connectivity index is 2.61. The minimum absolute atomic E-state index is 0.0246. The second kappa shape index (κ2) is 4.18. The summed E-state index contributed by atoms with van der Waals surface area (Å²) in [5, 5.41) is 0.523. The van der Waals surface area contributed by atoms with Gasteiger partial charge in [-0.15, -0.1) is 0 Å². The molecule has 1 aromatic heterocycles. The van der Waals surface area contributed by atoms with E-state index in [1.165, 1.54) is 18.2 Å². The molecule has 2 aromatic rings. The van der Waals surface area contributed by atoms with Crippen molar-refractivity contribution in [3.8, 4) is 0 Å². The Labute approximate surface area is 97.4 Å². The van der Waals surface area contributed by atoms with Crippen LogP contribution < -0.4 is 11.5 Å². The SMILES string of the molecule is CC(N)Cc1cc(F)cc2cc(C(N)=O)oc12. The highest BCUT2D eigenvalue weighted by molar-refractivity contribution is 5.95. The number of rotatable bonds is 3. The van der Waals surface area contributed by atoms with Gasteiger partial charge in [0, 0.05) is 11.4 Å². The molecule has 1 heterocycles. The Bertz CT molecular complexity index is 575. The first-order valence-electron chi connectivity index (χ1n) is 5.24. The zero-order valence-electron chi connectivity index (χ0n) is 9.37. The van der Waals surface area contributed by atoms with E-state index >= 15 is 0 Å². The maximum atomic E-state index is 13.4. The van der Waals surface area contributed by atoms with Gasteiger partial charge in [-0.1, -0.05) is 0 Å². The summed E-state index contributed by atoms with van der Waals surface area (Å²) in [7, 11) is 0. The van der Waals surface area contributed by atoms with Crippen molar-refractivity contribution in [2.45, 2.75) is 19.4 Å². The lowest BCUT2D eigenvalue weighted by atomic mass is 10.1. The molecule has 0 radical (unpaired) electrons. The van der Waals surface area contributed by atoms with Gasteiger partial charge in [0.15, 0.2) is 5.76 Å². The molecule has 4 N–H and O–H groups in total. The number of carbonyl (C=O) groups excluding carboxylic acids is 1. The van der Waals surface area contributed by atoms with Gasteiger partial charge < -0.3 is 15.9 Å². The number of halogens is 1. The fourth-order valence-electron chi connectivity index (χ4n) is 1.81. The first-order valence-corrected chi connectivity index (χ1v) is 5.24. The molecule has 0 bridgehead atoms. The lowest BCUT2D eigenvalue weighted by Gasteiger charge is -2.05. The Hall–Kier alpha value is -1.88. The highest BCUT2D eigenvalue weighted by atomic mass is 19.1. The lowest BCUT2D eigenvalue weighted by molar-refractivity contribution is 0.0976. The molecule has 0 aliphatic rings. The summed E-state index contributed by atoms with van der Waals surface area (Å²) >= 11 is 0. The van der Waals surface area contributed by atoms with E-state index in [1.54, 1.807) is 0 Å². The third-order valence-corrected chi connectivity index (χ3v) is 2.44. The molecule has 4 nitrogen and oxygen atoms in total. The van der Waals surface area contributed by atoms with Crippen molar-refractivity contribution < 1.29 is 13.6 Å². The number of benzene rings is 1. The van der Waals surface area contributed by atoms with Crippen LogP contribution in [0.2, 0.25) is 0 Å². The summed E-state index contributed by atoms with van der Waals surface area (Å²) in [6.07, 6.45) is 0.472. The quantitative estimate of drug-likeness (QED) is 0.848. The first-order chi connectivity index (χ1) is 7.97. The summed E-state index contributed by atoms with van der Waals surface area (Å²) in [4.78, 5) is 11.0. The lowest BCUT2D eigenvalue weighted by Crippen LogP contribution is -2.17. The van der Waals surface area contributed by atoms with Crippen LogP contribution in [-0.2, 0) is 6.42 Å². The molecule has 0 spiro atoms. The van der Waals surface area contributed by atoms with Crippen molar-refractivity contribution in [1.82, 2.24) is 0 Å². The van der Waals surface area contributed by atoms with E-state index in [2.05, 4.69) is 0 Å². The summed E-state index contributed by atoms with van der Waals surface area (Å²) in [5.74, 6) is -1.03. The molecule has 0 saturated heterocycles. The van der Waals surface area contributed by atoms with Crippen LogP contribution in [0.1, 0.15) is 23.0 Å². The molecule has 0 aliphatic heterocycles. The smallest absolute Gasteiger partial charge is 0.284 e. The van der Waals surface area contributed by atoms with Gasteiger partial charge >= 0.3 is 0 Å². The van der Waals surface area contributed by atoms with Gasteiger partial charge in [0.2, 0.25) is 0 Å². The Morgan fingerprint density at radius 3 is 2.76 bits per heavy atom. The molecule has 2 rings (SSSR count).